The van der Waals surface area contributed by atoms with Crippen molar-refractivity contribution in [2.24, 2.45) is 0 Å². The Kier molecular flexibility index (Phi) is 5.21. The van der Waals surface area contributed by atoms with E-state index in [0.717, 1.165) is 49.7 Å². The molecule has 116 valence electrons. The van der Waals surface area contributed by atoms with E-state index < -0.39 is 0 Å². The maximum Gasteiger partial charge on any atom is 0.263 e. The molecule has 3 rings (SSSR count). The molecular formula is C15H22N2O2S2. The minimum Gasteiger partial charge on any atom is -0.395 e. The molecule has 0 aliphatic carbocycles. The van der Waals surface area contributed by atoms with Crippen LogP contribution in [0.4, 0.5) is 0 Å². The van der Waals surface area contributed by atoms with Crippen LogP contribution in [0.25, 0.3) is 0 Å². The highest BCUT2D eigenvalue weighted by Gasteiger charge is 2.23. The Hall–Kier alpha value is -0.560. The number of aryl methyl sites for hydroxylation is 1. The molecule has 3 heterocycles. The van der Waals surface area contributed by atoms with Gasteiger partial charge in [0.1, 0.15) is 0 Å². The Morgan fingerprint density at radius 2 is 2.19 bits per heavy atom. The highest BCUT2D eigenvalue weighted by atomic mass is 32.2. The summed E-state index contributed by atoms with van der Waals surface area (Å²) in [6.07, 6.45) is 2.11. The molecule has 0 radical (unpaired) electrons. The van der Waals surface area contributed by atoms with Gasteiger partial charge in [0.2, 0.25) is 0 Å². The predicted molar refractivity (Wildman–Crippen MR) is 88.2 cm³/mol. The quantitative estimate of drug-likeness (QED) is 0.918. The fourth-order valence-corrected chi connectivity index (χ4v) is 5.29. The largest absolute Gasteiger partial charge is 0.395 e. The molecule has 0 bridgehead atoms. The van der Waals surface area contributed by atoms with E-state index in [9.17, 15) is 4.79 Å². The Morgan fingerprint density at radius 1 is 1.29 bits per heavy atom. The number of thiophene rings is 1. The molecular weight excluding hydrogens is 304 g/mol. The summed E-state index contributed by atoms with van der Waals surface area (Å²) in [5.41, 5.74) is 1.37. The SMILES string of the molecule is O=C(c1cc2c(s1)CCSC2)N1CCCN(CCO)CC1. The second kappa shape index (κ2) is 7.13. The number of nitrogens with zero attached hydrogens (tertiary/aromatic N) is 2. The highest BCUT2D eigenvalue weighted by molar-refractivity contribution is 7.98. The summed E-state index contributed by atoms with van der Waals surface area (Å²) in [7, 11) is 0. The molecule has 2 aliphatic heterocycles. The number of aliphatic hydroxyl groups is 1. The Labute approximate surface area is 134 Å². The van der Waals surface area contributed by atoms with Gasteiger partial charge in [0, 0.05) is 36.8 Å². The van der Waals surface area contributed by atoms with Crippen molar-refractivity contribution in [1.82, 2.24) is 9.80 Å². The van der Waals surface area contributed by atoms with Gasteiger partial charge in [0.15, 0.2) is 0 Å². The molecule has 0 saturated carbocycles. The van der Waals surface area contributed by atoms with Gasteiger partial charge < -0.3 is 10.0 Å². The maximum absolute atomic E-state index is 12.7. The normalized spacial score (nSPS) is 20.1. The smallest absolute Gasteiger partial charge is 0.263 e. The summed E-state index contributed by atoms with van der Waals surface area (Å²) < 4.78 is 0. The lowest BCUT2D eigenvalue weighted by atomic mass is 10.2. The lowest BCUT2D eigenvalue weighted by Crippen LogP contribution is -2.35. The van der Waals surface area contributed by atoms with Crippen LogP contribution >= 0.6 is 23.1 Å². The minimum atomic E-state index is 0.198. The number of hydrogen-bond donors (Lipinski definition) is 1. The van der Waals surface area contributed by atoms with E-state index in [0.29, 0.717) is 6.54 Å². The van der Waals surface area contributed by atoms with Crippen LogP contribution in [0.3, 0.4) is 0 Å². The highest BCUT2D eigenvalue weighted by Crippen LogP contribution is 2.32. The molecule has 1 aromatic heterocycles. The molecule has 0 spiro atoms. The number of β-amino-alcohol motifs (C(OH)–C–C–N with tert-alkyl or cyclic N) is 1. The predicted octanol–water partition coefficient (Wildman–Crippen LogP) is 1.68. The number of rotatable bonds is 3. The van der Waals surface area contributed by atoms with Gasteiger partial charge in [-0.25, -0.2) is 0 Å². The standard InChI is InChI=1S/C15H22N2O2S2/c18-8-7-16-3-1-4-17(6-5-16)15(19)14-10-12-11-20-9-2-13(12)21-14/h10,18H,1-9,11H2. The Bertz CT molecular complexity index is 480. The third kappa shape index (κ3) is 3.62. The van der Waals surface area contributed by atoms with Gasteiger partial charge in [0.25, 0.3) is 5.91 Å². The van der Waals surface area contributed by atoms with Crippen molar-refractivity contribution >= 4 is 29.0 Å². The van der Waals surface area contributed by atoms with Crippen LogP contribution in [0.5, 0.6) is 0 Å². The van der Waals surface area contributed by atoms with Crippen LogP contribution < -0.4 is 0 Å². The van der Waals surface area contributed by atoms with Crippen molar-refractivity contribution in [2.75, 3.05) is 45.1 Å². The zero-order valence-electron chi connectivity index (χ0n) is 12.2. The van der Waals surface area contributed by atoms with E-state index >= 15 is 0 Å². The summed E-state index contributed by atoms with van der Waals surface area (Å²) in [6.45, 7) is 4.36. The van der Waals surface area contributed by atoms with Gasteiger partial charge in [-0.05, 0) is 36.8 Å². The van der Waals surface area contributed by atoms with Gasteiger partial charge >= 0.3 is 0 Å². The molecule has 1 N–H and O–H groups in total. The molecule has 0 unspecified atom stereocenters. The van der Waals surface area contributed by atoms with E-state index in [1.54, 1.807) is 11.3 Å². The van der Waals surface area contributed by atoms with Crippen molar-refractivity contribution in [3.05, 3.63) is 21.4 Å². The Balaban J connectivity index is 1.66. The third-order valence-corrected chi connectivity index (χ3v) is 6.36. The first-order chi connectivity index (χ1) is 10.3. The van der Waals surface area contributed by atoms with Crippen molar-refractivity contribution in [3.63, 3.8) is 0 Å². The number of aliphatic hydroxyl groups excluding tert-OH is 1. The Morgan fingerprint density at radius 3 is 3.00 bits per heavy atom. The van der Waals surface area contributed by atoms with Gasteiger partial charge in [-0.2, -0.15) is 11.8 Å². The van der Waals surface area contributed by atoms with Crippen molar-refractivity contribution in [2.45, 2.75) is 18.6 Å². The van der Waals surface area contributed by atoms with Gasteiger partial charge in [-0.1, -0.05) is 0 Å². The molecule has 1 amide bonds. The number of amides is 1. The average Bonchev–Trinajstić information content (AvgIpc) is 2.80. The van der Waals surface area contributed by atoms with E-state index in [4.69, 9.17) is 5.11 Å². The van der Waals surface area contributed by atoms with Gasteiger partial charge in [-0.3, -0.25) is 9.69 Å². The molecule has 6 heteroatoms. The van der Waals surface area contributed by atoms with Crippen molar-refractivity contribution in [1.29, 1.82) is 0 Å². The lowest BCUT2D eigenvalue weighted by molar-refractivity contribution is 0.0765. The van der Waals surface area contributed by atoms with E-state index in [1.165, 1.54) is 16.2 Å². The number of fused-ring (bicyclic) bond motifs is 1. The van der Waals surface area contributed by atoms with E-state index in [1.807, 2.05) is 16.7 Å². The van der Waals surface area contributed by atoms with Crippen LogP contribution in [0, 0.1) is 0 Å². The first kappa shape index (κ1) is 15.3. The van der Waals surface area contributed by atoms with Crippen LogP contribution in [-0.4, -0.2) is 65.9 Å². The molecule has 0 atom stereocenters. The maximum atomic E-state index is 12.7. The average molecular weight is 326 g/mol. The summed E-state index contributed by atoms with van der Waals surface area (Å²) in [6, 6.07) is 2.12. The lowest BCUT2D eigenvalue weighted by Gasteiger charge is -2.20. The second-order valence-corrected chi connectivity index (χ2v) is 7.81. The molecule has 1 aromatic rings. The van der Waals surface area contributed by atoms with Crippen LogP contribution in [0.1, 0.15) is 26.5 Å². The number of carbonyl (C=O) groups is 1. The van der Waals surface area contributed by atoms with Gasteiger partial charge in [-0.15, -0.1) is 11.3 Å². The number of thioether (sulfide) groups is 1. The molecule has 0 aromatic carbocycles. The zero-order chi connectivity index (χ0) is 14.7. The molecule has 1 saturated heterocycles. The van der Waals surface area contributed by atoms with Crippen LogP contribution in [0.15, 0.2) is 6.07 Å². The first-order valence-electron chi connectivity index (χ1n) is 7.60. The fraction of sp³-hybridized carbons (Fsp3) is 0.667. The molecule has 4 nitrogen and oxygen atoms in total. The number of carbonyl (C=O) groups excluding carboxylic acids is 1. The van der Waals surface area contributed by atoms with Crippen LogP contribution in [0.2, 0.25) is 0 Å². The van der Waals surface area contributed by atoms with Crippen molar-refractivity contribution in [3.8, 4) is 0 Å². The summed E-state index contributed by atoms with van der Waals surface area (Å²) in [5, 5.41) is 9.03. The van der Waals surface area contributed by atoms with E-state index in [2.05, 4.69) is 11.0 Å². The fourth-order valence-electron chi connectivity index (χ4n) is 2.95. The topological polar surface area (TPSA) is 43.8 Å². The van der Waals surface area contributed by atoms with E-state index in [-0.39, 0.29) is 12.5 Å². The molecule has 1 fully saturated rings. The molecule has 2 aliphatic rings. The minimum absolute atomic E-state index is 0.198. The summed E-state index contributed by atoms with van der Waals surface area (Å²) >= 11 is 3.66. The number of hydrogen-bond acceptors (Lipinski definition) is 5. The monoisotopic (exact) mass is 326 g/mol. The van der Waals surface area contributed by atoms with Crippen molar-refractivity contribution < 1.29 is 9.90 Å². The summed E-state index contributed by atoms with van der Waals surface area (Å²) in [5.74, 6) is 2.44. The zero-order valence-corrected chi connectivity index (χ0v) is 13.8. The van der Waals surface area contributed by atoms with Crippen LogP contribution in [-0.2, 0) is 12.2 Å². The third-order valence-electron chi connectivity index (χ3n) is 4.13. The first-order valence-corrected chi connectivity index (χ1v) is 9.57. The second-order valence-electron chi connectivity index (χ2n) is 5.57. The summed E-state index contributed by atoms with van der Waals surface area (Å²) in [4.78, 5) is 19.2. The molecule has 21 heavy (non-hydrogen) atoms. The van der Waals surface area contributed by atoms with Gasteiger partial charge in [0.05, 0.1) is 11.5 Å².